The average Bonchev–Trinajstić information content (AvgIpc) is 2.64. The summed E-state index contributed by atoms with van der Waals surface area (Å²) in [4.78, 5) is 0. The summed E-state index contributed by atoms with van der Waals surface area (Å²) in [5.41, 5.74) is 0.539. The molecule has 0 amide bonds. The van der Waals surface area contributed by atoms with E-state index in [0.29, 0.717) is 11.5 Å². The summed E-state index contributed by atoms with van der Waals surface area (Å²) in [6.07, 6.45) is 4.75. The van der Waals surface area contributed by atoms with E-state index in [1.54, 1.807) is 0 Å². The first kappa shape index (κ1) is 7.80. The van der Waals surface area contributed by atoms with Gasteiger partial charge in [0, 0.05) is 6.04 Å². The van der Waals surface area contributed by atoms with Crippen molar-refractivity contribution in [3.8, 4) is 0 Å². The van der Waals surface area contributed by atoms with E-state index in [1.807, 2.05) is 6.08 Å². The Morgan fingerprint density at radius 1 is 1.70 bits per heavy atom. The summed E-state index contributed by atoms with van der Waals surface area (Å²) < 4.78 is 0. The Balaban J connectivity index is 2.40. The maximum atomic E-state index is 3.82. The van der Waals surface area contributed by atoms with Crippen LogP contribution in [0.2, 0.25) is 0 Å². The molecule has 0 aromatic heterocycles. The van der Waals surface area contributed by atoms with E-state index in [-0.39, 0.29) is 0 Å². The fraction of sp³-hybridized carbons (Fsp3) is 0.778. The van der Waals surface area contributed by atoms with Crippen molar-refractivity contribution in [1.29, 1.82) is 0 Å². The Bertz CT molecular complexity index is 125. The van der Waals surface area contributed by atoms with Crippen LogP contribution in [0.1, 0.15) is 26.7 Å². The van der Waals surface area contributed by atoms with Gasteiger partial charge >= 0.3 is 0 Å². The summed E-state index contributed by atoms with van der Waals surface area (Å²) >= 11 is 0. The number of rotatable bonds is 4. The van der Waals surface area contributed by atoms with Crippen molar-refractivity contribution in [3.05, 3.63) is 12.7 Å². The summed E-state index contributed by atoms with van der Waals surface area (Å²) in [5.74, 6) is 0. The number of hydrogen-bond donors (Lipinski definition) is 1. The third kappa shape index (κ3) is 1.40. The van der Waals surface area contributed by atoms with Gasteiger partial charge in [-0.25, -0.2) is 0 Å². The molecule has 1 aliphatic rings. The molecule has 0 heterocycles. The molecule has 1 nitrogen and oxygen atoms in total. The third-order valence-corrected chi connectivity index (χ3v) is 2.45. The van der Waals surface area contributed by atoms with E-state index < -0.39 is 0 Å². The van der Waals surface area contributed by atoms with E-state index in [0.717, 1.165) is 6.54 Å². The molecule has 1 N–H and O–H groups in total. The Morgan fingerprint density at radius 3 is 2.60 bits per heavy atom. The van der Waals surface area contributed by atoms with Crippen LogP contribution in [-0.2, 0) is 0 Å². The molecule has 1 atom stereocenters. The molecule has 0 aromatic carbocycles. The van der Waals surface area contributed by atoms with Gasteiger partial charge in [-0.1, -0.05) is 19.9 Å². The molecule has 0 aliphatic heterocycles. The minimum atomic E-state index is 0.539. The molecule has 1 heteroatoms. The molecule has 0 spiro atoms. The third-order valence-electron chi connectivity index (χ3n) is 2.45. The largest absolute Gasteiger partial charge is 0.310 e. The van der Waals surface area contributed by atoms with E-state index >= 15 is 0 Å². The summed E-state index contributed by atoms with van der Waals surface area (Å²) in [5, 5.41) is 3.42. The van der Waals surface area contributed by atoms with Crippen molar-refractivity contribution in [1.82, 2.24) is 5.32 Å². The van der Waals surface area contributed by atoms with Gasteiger partial charge in [-0.05, 0) is 24.8 Å². The second-order valence-electron chi connectivity index (χ2n) is 3.43. The van der Waals surface area contributed by atoms with Crippen LogP contribution in [0.25, 0.3) is 0 Å². The summed E-state index contributed by atoms with van der Waals surface area (Å²) in [6, 6.07) is 0.539. The fourth-order valence-corrected chi connectivity index (χ4v) is 1.34. The lowest BCUT2D eigenvalue weighted by Crippen LogP contribution is -2.33. The Morgan fingerprint density at radius 2 is 2.30 bits per heavy atom. The molecule has 1 saturated carbocycles. The smallest absolute Gasteiger partial charge is 0.0301 e. The number of hydrogen-bond acceptors (Lipinski definition) is 1. The second-order valence-corrected chi connectivity index (χ2v) is 3.43. The highest BCUT2D eigenvalue weighted by molar-refractivity contribution is 5.06. The molecule has 0 saturated heterocycles. The summed E-state index contributed by atoms with van der Waals surface area (Å²) in [6.45, 7) is 9.33. The van der Waals surface area contributed by atoms with Gasteiger partial charge < -0.3 is 5.32 Å². The normalized spacial score (nSPS) is 23.8. The SMILES string of the molecule is C=CC(NCC)C1(C)CC1. The maximum Gasteiger partial charge on any atom is 0.0301 e. The first-order valence-electron chi connectivity index (χ1n) is 4.09. The minimum Gasteiger partial charge on any atom is -0.310 e. The zero-order valence-electron chi connectivity index (χ0n) is 6.98. The monoisotopic (exact) mass is 139 g/mol. The highest BCUT2D eigenvalue weighted by Crippen LogP contribution is 2.48. The molecular formula is C9H17N. The Labute approximate surface area is 63.5 Å². The van der Waals surface area contributed by atoms with Gasteiger partial charge in [-0.3, -0.25) is 0 Å². The first-order chi connectivity index (χ1) is 4.73. The molecule has 1 rings (SSSR count). The number of likely N-dealkylation sites (N-methyl/N-ethyl adjacent to an activating group) is 1. The topological polar surface area (TPSA) is 12.0 Å². The van der Waals surface area contributed by atoms with Crippen molar-refractivity contribution in [2.75, 3.05) is 6.54 Å². The molecular weight excluding hydrogens is 122 g/mol. The quantitative estimate of drug-likeness (QED) is 0.587. The lowest BCUT2D eigenvalue weighted by molar-refractivity contribution is 0.425. The van der Waals surface area contributed by atoms with Crippen molar-refractivity contribution < 1.29 is 0 Å². The van der Waals surface area contributed by atoms with Crippen molar-refractivity contribution in [2.45, 2.75) is 32.7 Å². The Kier molecular flexibility index (Phi) is 2.14. The van der Waals surface area contributed by atoms with E-state index in [1.165, 1.54) is 12.8 Å². The van der Waals surface area contributed by atoms with Gasteiger partial charge in [0.1, 0.15) is 0 Å². The van der Waals surface area contributed by atoms with Gasteiger partial charge in [-0.15, -0.1) is 6.58 Å². The van der Waals surface area contributed by atoms with Crippen LogP contribution in [0.3, 0.4) is 0 Å². The molecule has 1 unspecified atom stereocenters. The summed E-state index contributed by atoms with van der Waals surface area (Å²) in [7, 11) is 0. The molecule has 10 heavy (non-hydrogen) atoms. The van der Waals surface area contributed by atoms with Crippen molar-refractivity contribution >= 4 is 0 Å². The highest BCUT2D eigenvalue weighted by atomic mass is 14.9. The molecule has 0 radical (unpaired) electrons. The molecule has 1 fully saturated rings. The van der Waals surface area contributed by atoms with Crippen LogP contribution in [0, 0.1) is 5.41 Å². The standard InChI is InChI=1S/C9H17N/c1-4-8(10-5-2)9(3)6-7-9/h4,8,10H,1,5-7H2,2-3H3. The molecule has 58 valence electrons. The lowest BCUT2D eigenvalue weighted by Gasteiger charge is -2.19. The van der Waals surface area contributed by atoms with E-state index in [4.69, 9.17) is 0 Å². The van der Waals surface area contributed by atoms with Crippen LogP contribution in [0.4, 0.5) is 0 Å². The maximum absolute atomic E-state index is 3.82. The van der Waals surface area contributed by atoms with Gasteiger partial charge in [0.05, 0.1) is 0 Å². The lowest BCUT2D eigenvalue weighted by atomic mass is 9.99. The van der Waals surface area contributed by atoms with Crippen LogP contribution in [0.5, 0.6) is 0 Å². The van der Waals surface area contributed by atoms with Crippen LogP contribution < -0.4 is 5.32 Å². The molecule has 0 bridgehead atoms. The van der Waals surface area contributed by atoms with Crippen molar-refractivity contribution in [3.63, 3.8) is 0 Å². The van der Waals surface area contributed by atoms with Gasteiger partial charge in [0.2, 0.25) is 0 Å². The van der Waals surface area contributed by atoms with Gasteiger partial charge in [-0.2, -0.15) is 0 Å². The van der Waals surface area contributed by atoms with E-state index in [9.17, 15) is 0 Å². The van der Waals surface area contributed by atoms with Gasteiger partial charge in [0.15, 0.2) is 0 Å². The van der Waals surface area contributed by atoms with Crippen LogP contribution >= 0.6 is 0 Å². The number of nitrogens with one attached hydrogen (secondary N) is 1. The Hall–Kier alpha value is -0.300. The predicted octanol–water partition coefficient (Wildman–Crippen LogP) is 1.95. The average molecular weight is 139 g/mol. The van der Waals surface area contributed by atoms with E-state index in [2.05, 4.69) is 25.7 Å². The minimum absolute atomic E-state index is 0.539. The highest BCUT2D eigenvalue weighted by Gasteiger charge is 2.42. The van der Waals surface area contributed by atoms with Crippen molar-refractivity contribution in [2.24, 2.45) is 5.41 Å². The first-order valence-corrected chi connectivity index (χ1v) is 4.09. The zero-order chi connectivity index (χ0) is 7.61. The second kappa shape index (κ2) is 2.75. The molecule has 0 aromatic rings. The van der Waals surface area contributed by atoms with Gasteiger partial charge in [0.25, 0.3) is 0 Å². The zero-order valence-corrected chi connectivity index (χ0v) is 6.98. The fourth-order valence-electron chi connectivity index (χ4n) is 1.34. The van der Waals surface area contributed by atoms with Crippen LogP contribution in [-0.4, -0.2) is 12.6 Å². The van der Waals surface area contributed by atoms with Crippen LogP contribution in [0.15, 0.2) is 12.7 Å². The predicted molar refractivity (Wildman–Crippen MR) is 45.0 cm³/mol. The molecule has 1 aliphatic carbocycles.